The Kier molecular flexibility index (Phi) is 4.65. The topological polar surface area (TPSA) is 88.8 Å². The van der Waals surface area contributed by atoms with Gasteiger partial charge in [-0.25, -0.2) is 19.9 Å². The van der Waals surface area contributed by atoms with Crippen LogP contribution in [0.1, 0.15) is 19.8 Å². The number of fused-ring (bicyclic) bond motifs is 1. The third-order valence-electron chi connectivity index (χ3n) is 4.83. The minimum absolute atomic E-state index is 0.154. The Morgan fingerprint density at radius 1 is 1.33 bits per heavy atom. The summed E-state index contributed by atoms with van der Waals surface area (Å²) in [5.74, 6) is 1.61. The van der Waals surface area contributed by atoms with Crippen LogP contribution in [-0.2, 0) is 11.8 Å². The maximum atomic E-state index is 11.9. The molecule has 4 rings (SSSR count). The third-order valence-corrected chi connectivity index (χ3v) is 5.05. The zero-order valence-corrected chi connectivity index (χ0v) is 15.9. The molecule has 9 heteroatoms. The summed E-state index contributed by atoms with van der Waals surface area (Å²) in [6.45, 7) is 3.33. The van der Waals surface area contributed by atoms with Gasteiger partial charge in [0.2, 0.25) is 5.91 Å². The summed E-state index contributed by atoms with van der Waals surface area (Å²) in [4.78, 5) is 31.4. The van der Waals surface area contributed by atoms with Gasteiger partial charge < -0.3 is 14.8 Å². The second-order valence-electron chi connectivity index (χ2n) is 6.58. The van der Waals surface area contributed by atoms with Gasteiger partial charge in [-0.3, -0.25) is 4.79 Å². The standard InChI is InChI=1S/C18H20ClN7O/c1-3-14(27)26-7-6-12(9-26)23-16-15-18(22-10-21-16)25(2)17(24-15)11-4-5-13(19)20-8-11/h4-5,8,10,12H,3,6-7,9H2,1-2H3,(H,21,22,23). The molecule has 0 saturated carbocycles. The number of nitrogens with one attached hydrogen (secondary N) is 1. The number of halogens is 1. The number of carbonyl (C=O) groups is 1. The van der Waals surface area contributed by atoms with Gasteiger partial charge in [0.05, 0.1) is 0 Å². The number of carbonyl (C=O) groups excluding carboxylic acids is 1. The second-order valence-corrected chi connectivity index (χ2v) is 6.97. The number of likely N-dealkylation sites (tertiary alicyclic amines) is 1. The van der Waals surface area contributed by atoms with Gasteiger partial charge in [-0.05, 0) is 18.6 Å². The van der Waals surface area contributed by atoms with Gasteiger partial charge in [-0.1, -0.05) is 18.5 Å². The van der Waals surface area contributed by atoms with E-state index in [4.69, 9.17) is 16.6 Å². The maximum absolute atomic E-state index is 11.9. The molecule has 1 saturated heterocycles. The van der Waals surface area contributed by atoms with E-state index >= 15 is 0 Å². The van der Waals surface area contributed by atoms with Crippen LogP contribution in [0.3, 0.4) is 0 Å². The Bertz CT molecular complexity index is 985. The Hall–Kier alpha value is -2.74. The van der Waals surface area contributed by atoms with Crippen molar-refractivity contribution in [3.05, 3.63) is 29.8 Å². The average molecular weight is 386 g/mol. The summed E-state index contributed by atoms with van der Waals surface area (Å²) in [6, 6.07) is 3.77. The molecule has 3 aromatic rings. The molecule has 1 unspecified atom stereocenters. The normalized spacial score (nSPS) is 16.9. The lowest BCUT2D eigenvalue weighted by atomic mass is 10.2. The molecular weight excluding hydrogens is 366 g/mol. The number of pyridine rings is 1. The number of nitrogens with zero attached hydrogens (tertiary/aromatic N) is 6. The van der Waals surface area contributed by atoms with Gasteiger partial charge in [0.25, 0.3) is 0 Å². The van der Waals surface area contributed by atoms with Crippen LogP contribution in [0.25, 0.3) is 22.6 Å². The van der Waals surface area contributed by atoms with Crippen molar-refractivity contribution in [3.63, 3.8) is 0 Å². The summed E-state index contributed by atoms with van der Waals surface area (Å²) < 4.78 is 1.91. The molecule has 0 spiro atoms. The van der Waals surface area contributed by atoms with Crippen LogP contribution < -0.4 is 5.32 Å². The summed E-state index contributed by atoms with van der Waals surface area (Å²) >= 11 is 5.88. The summed E-state index contributed by atoms with van der Waals surface area (Å²) in [5, 5.41) is 3.87. The highest BCUT2D eigenvalue weighted by Gasteiger charge is 2.26. The Balaban J connectivity index is 1.64. The van der Waals surface area contributed by atoms with Crippen LogP contribution in [0, 0.1) is 0 Å². The van der Waals surface area contributed by atoms with Crippen molar-refractivity contribution < 1.29 is 4.79 Å². The van der Waals surface area contributed by atoms with Gasteiger partial charge in [-0.2, -0.15) is 0 Å². The van der Waals surface area contributed by atoms with Crippen LogP contribution in [0.15, 0.2) is 24.7 Å². The molecule has 8 nitrogen and oxygen atoms in total. The molecule has 1 N–H and O–H groups in total. The van der Waals surface area contributed by atoms with E-state index < -0.39 is 0 Å². The largest absolute Gasteiger partial charge is 0.364 e. The van der Waals surface area contributed by atoms with Crippen molar-refractivity contribution in [2.24, 2.45) is 7.05 Å². The molecule has 0 aromatic carbocycles. The maximum Gasteiger partial charge on any atom is 0.222 e. The van der Waals surface area contributed by atoms with E-state index in [0.717, 1.165) is 30.0 Å². The van der Waals surface area contributed by atoms with Crippen molar-refractivity contribution in [2.75, 3.05) is 18.4 Å². The molecule has 0 bridgehead atoms. The fourth-order valence-corrected chi connectivity index (χ4v) is 3.50. The number of anilines is 1. The highest BCUT2D eigenvalue weighted by Crippen LogP contribution is 2.27. The number of aryl methyl sites for hydroxylation is 1. The highest BCUT2D eigenvalue weighted by molar-refractivity contribution is 6.29. The van der Waals surface area contributed by atoms with E-state index in [1.54, 1.807) is 12.3 Å². The first-order valence-corrected chi connectivity index (χ1v) is 9.28. The molecule has 1 aliphatic rings. The van der Waals surface area contributed by atoms with Crippen molar-refractivity contribution in [1.29, 1.82) is 0 Å². The number of imidazole rings is 1. The SMILES string of the molecule is CCC(=O)N1CCC(Nc2ncnc3c2nc(-c2ccc(Cl)nc2)n3C)C1. The van der Waals surface area contributed by atoms with Gasteiger partial charge in [0.15, 0.2) is 17.0 Å². The van der Waals surface area contributed by atoms with E-state index in [1.807, 2.05) is 29.5 Å². The molecular formula is C18H20ClN7O. The molecule has 3 aromatic heterocycles. The molecule has 1 aliphatic heterocycles. The van der Waals surface area contributed by atoms with Crippen LogP contribution in [0.5, 0.6) is 0 Å². The van der Waals surface area contributed by atoms with Gasteiger partial charge in [-0.15, -0.1) is 0 Å². The quantitative estimate of drug-likeness (QED) is 0.694. The smallest absolute Gasteiger partial charge is 0.222 e. The van der Waals surface area contributed by atoms with Gasteiger partial charge in [0.1, 0.15) is 17.3 Å². The van der Waals surface area contributed by atoms with Gasteiger partial charge >= 0.3 is 0 Å². The zero-order chi connectivity index (χ0) is 19.0. The number of rotatable bonds is 4. The van der Waals surface area contributed by atoms with E-state index in [-0.39, 0.29) is 11.9 Å². The lowest BCUT2D eigenvalue weighted by Gasteiger charge is -2.16. The zero-order valence-electron chi connectivity index (χ0n) is 15.2. The number of amides is 1. The molecule has 140 valence electrons. The molecule has 0 aliphatic carbocycles. The predicted octanol–water partition coefficient (Wildman–Crippen LogP) is 2.50. The van der Waals surface area contributed by atoms with Crippen molar-refractivity contribution in [3.8, 4) is 11.4 Å². The average Bonchev–Trinajstić information content (AvgIpc) is 3.28. The number of hydrogen-bond acceptors (Lipinski definition) is 6. The summed E-state index contributed by atoms with van der Waals surface area (Å²) in [6.07, 6.45) is 4.64. The highest BCUT2D eigenvalue weighted by atomic mass is 35.5. The number of hydrogen-bond donors (Lipinski definition) is 1. The molecule has 1 atom stereocenters. The minimum atomic E-state index is 0.154. The van der Waals surface area contributed by atoms with Crippen LogP contribution >= 0.6 is 11.6 Å². The Morgan fingerprint density at radius 2 is 2.19 bits per heavy atom. The van der Waals surface area contributed by atoms with Crippen molar-refractivity contribution in [2.45, 2.75) is 25.8 Å². The number of aromatic nitrogens is 5. The first-order chi connectivity index (χ1) is 13.1. The molecule has 0 radical (unpaired) electrons. The summed E-state index contributed by atoms with van der Waals surface area (Å²) in [7, 11) is 1.91. The first kappa shape index (κ1) is 17.7. The lowest BCUT2D eigenvalue weighted by molar-refractivity contribution is -0.129. The van der Waals surface area contributed by atoms with Gasteiger partial charge in [0, 0.05) is 44.4 Å². The fourth-order valence-electron chi connectivity index (χ4n) is 3.39. The van der Waals surface area contributed by atoms with E-state index in [9.17, 15) is 4.79 Å². The van der Waals surface area contributed by atoms with E-state index in [0.29, 0.717) is 29.5 Å². The molecule has 27 heavy (non-hydrogen) atoms. The monoisotopic (exact) mass is 385 g/mol. The molecule has 4 heterocycles. The first-order valence-electron chi connectivity index (χ1n) is 8.90. The third kappa shape index (κ3) is 3.32. The summed E-state index contributed by atoms with van der Waals surface area (Å²) in [5.41, 5.74) is 2.29. The second kappa shape index (κ2) is 7.11. The van der Waals surface area contributed by atoms with E-state index in [2.05, 4.69) is 20.3 Å². The van der Waals surface area contributed by atoms with Crippen LogP contribution in [-0.4, -0.2) is 54.4 Å². The minimum Gasteiger partial charge on any atom is -0.364 e. The van der Waals surface area contributed by atoms with Crippen LogP contribution in [0.2, 0.25) is 5.15 Å². The van der Waals surface area contributed by atoms with E-state index in [1.165, 1.54) is 6.33 Å². The predicted molar refractivity (Wildman–Crippen MR) is 103 cm³/mol. The van der Waals surface area contributed by atoms with Crippen molar-refractivity contribution in [1.82, 2.24) is 29.4 Å². The molecule has 1 amide bonds. The fraction of sp³-hybridized carbons (Fsp3) is 0.389. The lowest BCUT2D eigenvalue weighted by Crippen LogP contribution is -2.31. The van der Waals surface area contributed by atoms with Crippen molar-refractivity contribution >= 4 is 34.5 Å². The Labute approximate surface area is 161 Å². The molecule has 1 fully saturated rings. The van der Waals surface area contributed by atoms with Crippen LogP contribution in [0.4, 0.5) is 5.82 Å². The Morgan fingerprint density at radius 3 is 2.93 bits per heavy atom.